The van der Waals surface area contributed by atoms with Crippen LogP contribution in [0.25, 0.3) is 0 Å². The third-order valence-electron chi connectivity index (χ3n) is 2.14. The fourth-order valence-corrected chi connectivity index (χ4v) is 2.68. The highest BCUT2D eigenvalue weighted by atomic mass is 35.5. The Labute approximate surface area is 103 Å². The molecule has 1 atom stereocenters. The number of ether oxygens (including phenoxy) is 1. The van der Waals surface area contributed by atoms with Gasteiger partial charge in [0.05, 0.1) is 5.75 Å². The third kappa shape index (κ3) is 4.51. The summed E-state index contributed by atoms with van der Waals surface area (Å²) in [5, 5.41) is 0.603. The van der Waals surface area contributed by atoms with Crippen molar-refractivity contribution >= 4 is 28.1 Å². The zero-order valence-electron chi connectivity index (χ0n) is 9.24. The van der Waals surface area contributed by atoms with Gasteiger partial charge in [-0.2, -0.15) is 0 Å². The first-order valence-corrected chi connectivity index (χ1v) is 6.88. The van der Waals surface area contributed by atoms with Crippen LogP contribution in [0.5, 0.6) is 0 Å². The minimum absolute atomic E-state index is 0.479. The second-order valence-corrected chi connectivity index (χ2v) is 5.49. The lowest BCUT2D eigenvalue weighted by Gasteiger charge is -2.06. The van der Waals surface area contributed by atoms with Gasteiger partial charge in [-0.3, -0.25) is 4.21 Å². The minimum Gasteiger partial charge on any atom is -0.398 e. The molecule has 1 unspecified atom stereocenters. The van der Waals surface area contributed by atoms with E-state index in [1.54, 1.807) is 19.2 Å². The van der Waals surface area contributed by atoms with Crippen molar-refractivity contribution in [1.82, 2.24) is 0 Å². The number of rotatable bonds is 6. The molecular weight excluding hydrogens is 246 g/mol. The monoisotopic (exact) mass is 261 g/mol. The quantitative estimate of drug-likeness (QED) is 0.631. The van der Waals surface area contributed by atoms with Gasteiger partial charge >= 0.3 is 0 Å². The second kappa shape index (κ2) is 6.89. The minimum atomic E-state index is -0.892. The lowest BCUT2D eigenvalue weighted by molar-refractivity contribution is 0.200. The number of anilines is 1. The molecule has 5 heteroatoms. The van der Waals surface area contributed by atoms with Crippen molar-refractivity contribution in [3.05, 3.63) is 28.8 Å². The summed E-state index contributed by atoms with van der Waals surface area (Å²) >= 11 is 5.78. The van der Waals surface area contributed by atoms with Gasteiger partial charge in [0.15, 0.2) is 0 Å². The van der Waals surface area contributed by atoms with E-state index in [0.717, 1.165) is 12.0 Å². The molecule has 0 heterocycles. The van der Waals surface area contributed by atoms with Crippen LogP contribution in [0.3, 0.4) is 0 Å². The van der Waals surface area contributed by atoms with E-state index in [2.05, 4.69) is 0 Å². The third-order valence-corrected chi connectivity index (χ3v) is 3.76. The Morgan fingerprint density at radius 3 is 2.88 bits per heavy atom. The van der Waals surface area contributed by atoms with Crippen LogP contribution in [0.4, 0.5) is 5.69 Å². The van der Waals surface area contributed by atoms with Crippen molar-refractivity contribution in [1.29, 1.82) is 0 Å². The standard InChI is InChI=1S/C11H16ClNO2S/c1-15-5-2-6-16(14)8-9-3-4-10(12)7-11(9)13/h3-4,7H,2,5-6,8,13H2,1H3. The Bertz CT molecular complexity index is 371. The molecule has 1 aromatic rings. The first-order chi connectivity index (χ1) is 7.63. The molecular formula is C11H16ClNO2S. The van der Waals surface area contributed by atoms with Gasteiger partial charge in [0, 0.05) is 41.0 Å². The van der Waals surface area contributed by atoms with Gasteiger partial charge in [-0.25, -0.2) is 0 Å². The predicted molar refractivity (Wildman–Crippen MR) is 69.1 cm³/mol. The second-order valence-electron chi connectivity index (χ2n) is 3.48. The molecule has 0 saturated carbocycles. The summed E-state index contributed by atoms with van der Waals surface area (Å²) in [7, 11) is 0.747. The van der Waals surface area contributed by atoms with Gasteiger partial charge in [0.25, 0.3) is 0 Å². The fraction of sp³-hybridized carbons (Fsp3) is 0.455. The average Bonchev–Trinajstić information content (AvgIpc) is 2.23. The van der Waals surface area contributed by atoms with E-state index in [4.69, 9.17) is 22.1 Å². The molecule has 0 radical (unpaired) electrons. The molecule has 90 valence electrons. The van der Waals surface area contributed by atoms with Crippen LogP contribution < -0.4 is 5.73 Å². The van der Waals surface area contributed by atoms with Crippen molar-refractivity contribution in [3.63, 3.8) is 0 Å². The van der Waals surface area contributed by atoms with Crippen LogP contribution in [-0.4, -0.2) is 23.7 Å². The van der Waals surface area contributed by atoms with Crippen LogP contribution in [0, 0.1) is 0 Å². The lowest BCUT2D eigenvalue weighted by atomic mass is 10.2. The zero-order valence-corrected chi connectivity index (χ0v) is 10.8. The summed E-state index contributed by atoms with van der Waals surface area (Å²) in [4.78, 5) is 0. The summed E-state index contributed by atoms with van der Waals surface area (Å²) in [6.07, 6.45) is 0.802. The highest BCUT2D eigenvalue weighted by Crippen LogP contribution is 2.19. The number of halogens is 1. The number of methoxy groups -OCH3 is 1. The van der Waals surface area contributed by atoms with Gasteiger partial charge in [-0.1, -0.05) is 17.7 Å². The lowest BCUT2D eigenvalue weighted by Crippen LogP contribution is -2.05. The largest absolute Gasteiger partial charge is 0.398 e. The topological polar surface area (TPSA) is 52.3 Å². The van der Waals surface area contributed by atoms with Crippen molar-refractivity contribution in [3.8, 4) is 0 Å². The summed E-state index contributed by atoms with van der Waals surface area (Å²) in [6, 6.07) is 5.27. The van der Waals surface area contributed by atoms with E-state index in [1.165, 1.54) is 0 Å². The van der Waals surface area contributed by atoms with E-state index in [-0.39, 0.29) is 0 Å². The number of hydrogen-bond donors (Lipinski definition) is 1. The summed E-state index contributed by atoms with van der Waals surface area (Å²) < 4.78 is 16.6. The molecule has 0 aromatic heterocycles. The summed E-state index contributed by atoms with van der Waals surface area (Å²) in [5.74, 6) is 1.11. The first kappa shape index (κ1) is 13.5. The van der Waals surface area contributed by atoms with Gasteiger partial charge < -0.3 is 10.5 Å². The summed E-state index contributed by atoms with van der Waals surface area (Å²) in [6.45, 7) is 0.641. The highest BCUT2D eigenvalue weighted by Gasteiger charge is 2.05. The molecule has 0 aliphatic rings. The number of benzene rings is 1. The number of hydrogen-bond acceptors (Lipinski definition) is 3. The summed E-state index contributed by atoms with van der Waals surface area (Å²) in [5.41, 5.74) is 7.27. The van der Waals surface area contributed by atoms with Gasteiger partial charge in [0.1, 0.15) is 0 Å². The molecule has 0 saturated heterocycles. The molecule has 0 aliphatic carbocycles. The molecule has 16 heavy (non-hydrogen) atoms. The molecule has 1 rings (SSSR count). The Hall–Kier alpha value is -0.580. The number of nitrogens with two attached hydrogens (primary N) is 1. The van der Waals surface area contributed by atoms with Gasteiger partial charge in [0.2, 0.25) is 0 Å². The SMILES string of the molecule is COCCCS(=O)Cc1ccc(Cl)cc1N. The molecule has 0 fully saturated rings. The molecule has 0 amide bonds. The van der Waals surface area contributed by atoms with Crippen LogP contribution in [0.1, 0.15) is 12.0 Å². The Kier molecular flexibility index (Phi) is 5.80. The molecule has 0 bridgehead atoms. The van der Waals surface area contributed by atoms with E-state index in [1.807, 2.05) is 6.07 Å². The van der Waals surface area contributed by atoms with Crippen molar-refractivity contribution in [2.45, 2.75) is 12.2 Å². The maximum Gasteiger partial charge on any atom is 0.0506 e. The fourth-order valence-electron chi connectivity index (χ4n) is 1.31. The molecule has 1 aromatic carbocycles. The van der Waals surface area contributed by atoms with E-state index < -0.39 is 10.8 Å². The van der Waals surface area contributed by atoms with Gasteiger partial charge in [-0.15, -0.1) is 0 Å². The van der Waals surface area contributed by atoms with Gasteiger partial charge in [-0.05, 0) is 24.1 Å². The van der Waals surface area contributed by atoms with E-state index in [9.17, 15) is 4.21 Å². The molecule has 0 aliphatic heterocycles. The molecule has 0 spiro atoms. The van der Waals surface area contributed by atoms with Crippen LogP contribution in [-0.2, 0) is 21.3 Å². The maximum atomic E-state index is 11.7. The highest BCUT2D eigenvalue weighted by molar-refractivity contribution is 7.84. The Morgan fingerprint density at radius 1 is 1.50 bits per heavy atom. The smallest absolute Gasteiger partial charge is 0.0506 e. The number of nitrogen functional groups attached to an aromatic ring is 1. The molecule has 2 N–H and O–H groups in total. The van der Waals surface area contributed by atoms with Crippen molar-refractivity contribution in [2.75, 3.05) is 25.2 Å². The van der Waals surface area contributed by atoms with Crippen LogP contribution in [0.2, 0.25) is 5.02 Å². The van der Waals surface area contributed by atoms with E-state index in [0.29, 0.717) is 28.8 Å². The van der Waals surface area contributed by atoms with Crippen LogP contribution >= 0.6 is 11.6 Å². The Morgan fingerprint density at radius 2 is 2.25 bits per heavy atom. The maximum absolute atomic E-state index is 11.7. The van der Waals surface area contributed by atoms with E-state index >= 15 is 0 Å². The average molecular weight is 262 g/mol. The predicted octanol–water partition coefficient (Wildman–Crippen LogP) is 2.21. The Balaban J connectivity index is 2.49. The first-order valence-electron chi connectivity index (χ1n) is 5.01. The molecule has 3 nitrogen and oxygen atoms in total. The van der Waals surface area contributed by atoms with Crippen LogP contribution in [0.15, 0.2) is 18.2 Å². The van der Waals surface area contributed by atoms with Crippen molar-refractivity contribution in [2.24, 2.45) is 0 Å². The van der Waals surface area contributed by atoms with Crippen molar-refractivity contribution < 1.29 is 8.95 Å². The zero-order chi connectivity index (χ0) is 12.0. The normalized spacial score (nSPS) is 12.6.